The summed E-state index contributed by atoms with van der Waals surface area (Å²) < 4.78 is 1.16. The number of aryl methyl sites for hydroxylation is 2. The summed E-state index contributed by atoms with van der Waals surface area (Å²) in [4.78, 5) is 2.92. The molecule has 0 saturated heterocycles. The Morgan fingerprint density at radius 2 is 1.95 bits per heavy atom. The Hall–Kier alpha value is -0.640. The monoisotopic (exact) mass is 337 g/mol. The van der Waals surface area contributed by atoms with Gasteiger partial charge in [-0.3, -0.25) is 0 Å². The Balaban J connectivity index is 2.19. The Bertz CT molecular complexity index is 527. The van der Waals surface area contributed by atoms with Crippen molar-refractivity contribution < 1.29 is 0 Å². The number of halogens is 1. The SMILES string of the molecule is CCc1ccc(CC(NC)c2cc(C)cc(Br)c2)s1. The lowest BCUT2D eigenvalue weighted by Crippen LogP contribution is -2.18. The summed E-state index contributed by atoms with van der Waals surface area (Å²) in [6, 6.07) is 11.5. The summed E-state index contributed by atoms with van der Waals surface area (Å²) in [5.74, 6) is 0. The number of likely N-dealkylation sites (N-methyl/N-ethyl adjacent to an activating group) is 1. The molecule has 0 spiro atoms. The minimum atomic E-state index is 0.375. The van der Waals surface area contributed by atoms with Crippen molar-refractivity contribution in [3.8, 4) is 0 Å². The molecule has 0 saturated carbocycles. The van der Waals surface area contributed by atoms with Crippen molar-refractivity contribution in [3.05, 3.63) is 55.7 Å². The zero-order valence-electron chi connectivity index (χ0n) is 11.7. The number of thiophene rings is 1. The molecule has 1 aromatic carbocycles. The fourth-order valence-corrected chi connectivity index (χ4v) is 3.90. The second-order valence-corrected chi connectivity index (χ2v) is 7.00. The van der Waals surface area contributed by atoms with Crippen LogP contribution in [0.5, 0.6) is 0 Å². The van der Waals surface area contributed by atoms with Gasteiger partial charge in [-0.1, -0.05) is 28.9 Å². The van der Waals surface area contributed by atoms with Crippen molar-refractivity contribution in [2.24, 2.45) is 0 Å². The molecule has 1 heterocycles. The maximum atomic E-state index is 3.59. The van der Waals surface area contributed by atoms with Crippen LogP contribution >= 0.6 is 27.3 Å². The molecule has 0 aliphatic rings. The number of nitrogens with one attached hydrogen (secondary N) is 1. The molecule has 1 atom stereocenters. The predicted molar refractivity (Wildman–Crippen MR) is 88.1 cm³/mol. The molecule has 0 aliphatic heterocycles. The maximum absolute atomic E-state index is 3.59. The van der Waals surface area contributed by atoms with Crippen molar-refractivity contribution in [2.75, 3.05) is 7.05 Å². The van der Waals surface area contributed by atoms with E-state index in [1.807, 2.05) is 18.4 Å². The third kappa shape index (κ3) is 3.91. The minimum absolute atomic E-state index is 0.375. The summed E-state index contributed by atoms with van der Waals surface area (Å²) in [5.41, 5.74) is 2.64. The summed E-state index contributed by atoms with van der Waals surface area (Å²) in [7, 11) is 2.04. The first-order chi connectivity index (χ1) is 9.12. The van der Waals surface area contributed by atoms with E-state index in [1.54, 1.807) is 0 Å². The van der Waals surface area contributed by atoms with Crippen LogP contribution in [0.15, 0.2) is 34.8 Å². The molecule has 2 aromatic rings. The molecule has 1 nitrogen and oxygen atoms in total. The number of hydrogen-bond donors (Lipinski definition) is 1. The van der Waals surface area contributed by atoms with Crippen LogP contribution in [0.25, 0.3) is 0 Å². The van der Waals surface area contributed by atoms with Gasteiger partial charge in [0, 0.05) is 26.7 Å². The predicted octanol–water partition coefficient (Wildman–Crippen LogP) is 4.88. The van der Waals surface area contributed by atoms with E-state index in [2.05, 4.69) is 65.4 Å². The maximum Gasteiger partial charge on any atom is 0.0366 e. The van der Waals surface area contributed by atoms with Crippen LogP contribution in [0.4, 0.5) is 0 Å². The molecule has 0 radical (unpaired) electrons. The third-order valence-corrected chi connectivity index (χ3v) is 5.00. The summed E-state index contributed by atoms with van der Waals surface area (Å²) in [6.45, 7) is 4.35. The molecule has 1 N–H and O–H groups in total. The van der Waals surface area contributed by atoms with Crippen LogP contribution in [0.2, 0.25) is 0 Å². The largest absolute Gasteiger partial charge is 0.313 e. The number of hydrogen-bond acceptors (Lipinski definition) is 2. The Morgan fingerprint density at radius 1 is 1.21 bits per heavy atom. The first-order valence-corrected chi connectivity index (χ1v) is 8.25. The van der Waals surface area contributed by atoms with Crippen LogP contribution < -0.4 is 5.32 Å². The molecule has 19 heavy (non-hydrogen) atoms. The lowest BCUT2D eigenvalue weighted by Gasteiger charge is -2.17. The average molecular weight is 338 g/mol. The van der Waals surface area contributed by atoms with Crippen LogP contribution in [-0.4, -0.2) is 7.05 Å². The summed E-state index contributed by atoms with van der Waals surface area (Å²) in [5, 5.41) is 3.43. The van der Waals surface area contributed by atoms with Gasteiger partial charge < -0.3 is 5.32 Å². The van der Waals surface area contributed by atoms with E-state index in [9.17, 15) is 0 Å². The third-order valence-electron chi connectivity index (χ3n) is 3.29. The van der Waals surface area contributed by atoms with E-state index in [-0.39, 0.29) is 0 Å². The van der Waals surface area contributed by atoms with Gasteiger partial charge in [0.1, 0.15) is 0 Å². The second-order valence-electron chi connectivity index (χ2n) is 4.83. The molecule has 0 aliphatic carbocycles. The Morgan fingerprint density at radius 3 is 2.53 bits per heavy atom. The van der Waals surface area contributed by atoms with Gasteiger partial charge >= 0.3 is 0 Å². The fourth-order valence-electron chi connectivity index (χ4n) is 2.28. The van der Waals surface area contributed by atoms with E-state index in [4.69, 9.17) is 0 Å². The molecule has 1 aromatic heterocycles. The van der Waals surface area contributed by atoms with Crippen LogP contribution in [0.1, 0.15) is 33.8 Å². The molecular formula is C16H20BrNS. The van der Waals surface area contributed by atoms with Crippen molar-refractivity contribution in [1.82, 2.24) is 5.32 Å². The van der Waals surface area contributed by atoms with Crippen LogP contribution in [0, 0.1) is 6.92 Å². The van der Waals surface area contributed by atoms with Gasteiger partial charge in [-0.05, 0) is 55.8 Å². The lowest BCUT2D eigenvalue weighted by molar-refractivity contribution is 0.596. The highest BCUT2D eigenvalue weighted by molar-refractivity contribution is 9.10. The number of rotatable bonds is 5. The van der Waals surface area contributed by atoms with E-state index < -0.39 is 0 Å². The molecule has 2 rings (SSSR count). The van der Waals surface area contributed by atoms with Gasteiger partial charge in [0.15, 0.2) is 0 Å². The van der Waals surface area contributed by atoms with Crippen molar-refractivity contribution in [3.63, 3.8) is 0 Å². The quantitative estimate of drug-likeness (QED) is 0.819. The molecule has 0 amide bonds. The normalized spacial score (nSPS) is 12.6. The second kappa shape index (κ2) is 6.69. The van der Waals surface area contributed by atoms with E-state index in [0.29, 0.717) is 6.04 Å². The highest BCUT2D eigenvalue weighted by Crippen LogP contribution is 2.26. The van der Waals surface area contributed by atoms with Gasteiger partial charge in [-0.2, -0.15) is 0 Å². The van der Waals surface area contributed by atoms with Gasteiger partial charge in [0.05, 0.1) is 0 Å². The number of benzene rings is 1. The lowest BCUT2D eigenvalue weighted by atomic mass is 10.0. The molecule has 3 heteroatoms. The molecule has 0 bridgehead atoms. The Labute approximate surface area is 128 Å². The van der Waals surface area contributed by atoms with Crippen molar-refractivity contribution in [2.45, 2.75) is 32.7 Å². The minimum Gasteiger partial charge on any atom is -0.313 e. The molecular weight excluding hydrogens is 318 g/mol. The van der Waals surface area contributed by atoms with E-state index in [1.165, 1.54) is 20.9 Å². The smallest absolute Gasteiger partial charge is 0.0366 e. The zero-order valence-corrected chi connectivity index (χ0v) is 14.1. The molecule has 102 valence electrons. The summed E-state index contributed by atoms with van der Waals surface area (Å²) in [6.07, 6.45) is 2.18. The zero-order chi connectivity index (χ0) is 13.8. The van der Waals surface area contributed by atoms with Gasteiger partial charge in [0.25, 0.3) is 0 Å². The first-order valence-electron chi connectivity index (χ1n) is 6.64. The van der Waals surface area contributed by atoms with Crippen molar-refractivity contribution in [1.29, 1.82) is 0 Å². The summed E-state index contributed by atoms with van der Waals surface area (Å²) >= 11 is 5.51. The topological polar surface area (TPSA) is 12.0 Å². The van der Waals surface area contributed by atoms with Gasteiger partial charge in [-0.15, -0.1) is 11.3 Å². The first kappa shape index (κ1) is 14.8. The van der Waals surface area contributed by atoms with E-state index in [0.717, 1.165) is 17.3 Å². The Kier molecular flexibility index (Phi) is 5.20. The fraction of sp³-hybridized carbons (Fsp3) is 0.375. The standard InChI is InChI=1S/C16H20BrNS/c1-4-14-5-6-15(19-14)10-16(18-3)12-7-11(2)8-13(17)9-12/h5-9,16,18H,4,10H2,1-3H3. The molecule has 1 unspecified atom stereocenters. The van der Waals surface area contributed by atoms with Crippen LogP contribution in [0.3, 0.4) is 0 Å². The average Bonchev–Trinajstić information content (AvgIpc) is 2.82. The van der Waals surface area contributed by atoms with E-state index >= 15 is 0 Å². The van der Waals surface area contributed by atoms with Gasteiger partial charge in [-0.25, -0.2) is 0 Å². The highest BCUT2D eigenvalue weighted by Gasteiger charge is 2.12. The highest BCUT2D eigenvalue weighted by atomic mass is 79.9. The molecule has 0 fully saturated rings. The van der Waals surface area contributed by atoms with Crippen molar-refractivity contribution >= 4 is 27.3 Å². The van der Waals surface area contributed by atoms with Gasteiger partial charge in [0.2, 0.25) is 0 Å². The van der Waals surface area contributed by atoms with Crippen LogP contribution in [-0.2, 0) is 12.8 Å².